The van der Waals surface area contributed by atoms with E-state index in [0.717, 1.165) is 0 Å². The van der Waals surface area contributed by atoms with Gasteiger partial charge in [-0.3, -0.25) is 9.69 Å². The van der Waals surface area contributed by atoms with Gasteiger partial charge in [0.1, 0.15) is 11.6 Å². The van der Waals surface area contributed by atoms with E-state index in [1.54, 1.807) is 28.0 Å². The summed E-state index contributed by atoms with van der Waals surface area (Å²) in [5, 5.41) is 2.72. The van der Waals surface area contributed by atoms with E-state index in [9.17, 15) is 18.4 Å². The molecule has 8 heteroatoms. The molecule has 29 heavy (non-hydrogen) atoms. The lowest BCUT2D eigenvalue weighted by atomic mass is 9.92. The van der Waals surface area contributed by atoms with Crippen molar-refractivity contribution in [3.63, 3.8) is 0 Å². The van der Waals surface area contributed by atoms with Gasteiger partial charge in [0, 0.05) is 31.0 Å². The number of likely N-dealkylation sites (tertiary alicyclic amines) is 1. The first kappa shape index (κ1) is 19.3. The van der Waals surface area contributed by atoms with E-state index in [1.807, 2.05) is 11.9 Å². The Morgan fingerprint density at radius 3 is 2.52 bits per heavy atom. The highest BCUT2D eigenvalue weighted by Gasteiger charge is 2.48. The molecule has 152 valence electrons. The van der Waals surface area contributed by atoms with Gasteiger partial charge in [0.05, 0.1) is 12.1 Å². The molecule has 2 aliphatic heterocycles. The standard InChI is InChI=1S/C21H22F2N4O2/c1-25-12-19(28)27(18-7-3-5-16(23)11-18)14-21(25)8-9-26(13-21)20(29)24-17-6-2-4-15(22)10-17/h2-7,10-11H,8-9,12-14H2,1H3,(H,24,29). The van der Waals surface area contributed by atoms with Crippen LogP contribution in [0.1, 0.15) is 6.42 Å². The van der Waals surface area contributed by atoms with Crippen LogP contribution < -0.4 is 10.2 Å². The minimum Gasteiger partial charge on any atom is -0.323 e. The zero-order chi connectivity index (χ0) is 20.6. The van der Waals surface area contributed by atoms with Crippen molar-refractivity contribution in [3.05, 3.63) is 60.2 Å². The molecule has 0 bridgehead atoms. The molecule has 2 aliphatic rings. The highest BCUT2D eigenvalue weighted by molar-refractivity contribution is 5.96. The molecule has 2 heterocycles. The number of urea groups is 1. The largest absolute Gasteiger partial charge is 0.323 e. The number of halogens is 2. The summed E-state index contributed by atoms with van der Waals surface area (Å²) in [5.41, 5.74) is 0.495. The van der Waals surface area contributed by atoms with Crippen LogP contribution >= 0.6 is 0 Å². The topological polar surface area (TPSA) is 55.9 Å². The Bertz CT molecular complexity index is 954. The molecular formula is C21H22F2N4O2. The molecule has 4 rings (SSSR count). The number of hydrogen-bond donors (Lipinski definition) is 1. The summed E-state index contributed by atoms with van der Waals surface area (Å²) in [5.74, 6) is -0.922. The Labute approximate surface area is 167 Å². The number of rotatable bonds is 2. The highest BCUT2D eigenvalue weighted by Crippen LogP contribution is 2.33. The second-order valence-corrected chi connectivity index (χ2v) is 7.65. The van der Waals surface area contributed by atoms with Crippen LogP contribution in [0.2, 0.25) is 0 Å². The van der Waals surface area contributed by atoms with E-state index in [-0.39, 0.29) is 18.5 Å². The van der Waals surface area contributed by atoms with Crippen molar-refractivity contribution < 1.29 is 18.4 Å². The molecule has 0 aliphatic carbocycles. The molecule has 2 aromatic rings. The zero-order valence-corrected chi connectivity index (χ0v) is 16.1. The monoisotopic (exact) mass is 400 g/mol. The van der Waals surface area contributed by atoms with Gasteiger partial charge in [-0.25, -0.2) is 13.6 Å². The van der Waals surface area contributed by atoms with Crippen LogP contribution in [0.25, 0.3) is 0 Å². The fourth-order valence-electron chi connectivity index (χ4n) is 4.08. The van der Waals surface area contributed by atoms with Crippen LogP contribution in [0.5, 0.6) is 0 Å². The third kappa shape index (κ3) is 3.80. The molecule has 3 amide bonds. The average molecular weight is 400 g/mol. The predicted molar refractivity (Wildman–Crippen MR) is 106 cm³/mol. The molecule has 0 saturated carbocycles. The molecule has 2 fully saturated rings. The SMILES string of the molecule is CN1CC(=O)N(c2cccc(F)c2)CC12CCN(C(=O)Nc1cccc(F)c1)C2. The molecule has 0 aromatic heterocycles. The number of piperazine rings is 1. The summed E-state index contributed by atoms with van der Waals surface area (Å²) in [6.07, 6.45) is 0.680. The number of nitrogens with zero attached hydrogens (tertiary/aromatic N) is 3. The van der Waals surface area contributed by atoms with Crippen LogP contribution in [-0.2, 0) is 4.79 Å². The van der Waals surface area contributed by atoms with Gasteiger partial charge in [0.25, 0.3) is 0 Å². The summed E-state index contributed by atoms with van der Waals surface area (Å²) in [6.45, 7) is 1.49. The van der Waals surface area contributed by atoms with Gasteiger partial charge in [-0.1, -0.05) is 12.1 Å². The van der Waals surface area contributed by atoms with E-state index in [0.29, 0.717) is 37.4 Å². The fraction of sp³-hybridized carbons (Fsp3) is 0.333. The number of hydrogen-bond acceptors (Lipinski definition) is 3. The number of carbonyl (C=O) groups is 2. The van der Waals surface area contributed by atoms with Crippen LogP contribution in [0.3, 0.4) is 0 Å². The Balaban J connectivity index is 1.50. The minimum atomic E-state index is -0.419. The number of carbonyl (C=O) groups excluding carboxylic acids is 2. The first-order valence-electron chi connectivity index (χ1n) is 9.45. The molecular weight excluding hydrogens is 378 g/mol. The number of amides is 3. The average Bonchev–Trinajstić information content (AvgIpc) is 3.10. The normalized spacial score (nSPS) is 22.4. The molecule has 1 unspecified atom stereocenters. The Morgan fingerprint density at radius 2 is 1.79 bits per heavy atom. The highest BCUT2D eigenvalue weighted by atomic mass is 19.1. The van der Waals surface area contributed by atoms with Crippen molar-refractivity contribution in [2.24, 2.45) is 0 Å². The molecule has 2 saturated heterocycles. The maximum absolute atomic E-state index is 13.7. The summed E-state index contributed by atoms with van der Waals surface area (Å²) in [4.78, 5) is 30.5. The second-order valence-electron chi connectivity index (χ2n) is 7.65. The summed E-state index contributed by atoms with van der Waals surface area (Å²) in [7, 11) is 1.87. The summed E-state index contributed by atoms with van der Waals surface area (Å²) < 4.78 is 27.0. The first-order valence-corrected chi connectivity index (χ1v) is 9.45. The number of anilines is 2. The second kappa shape index (κ2) is 7.44. The number of likely N-dealkylation sites (N-methyl/N-ethyl adjacent to an activating group) is 1. The Morgan fingerprint density at radius 1 is 1.07 bits per heavy atom. The molecule has 0 radical (unpaired) electrons. The fourth-order valence-corrected chi connectivity index (χ4v) is 4.08. The zero-order valence-electron chi connectivity index (χ0n) is 16.1. The predicted octanol–water partition coefficient (Wildman–Crippen LogP) is 2.92. The van der Waals surface area contributed by atoms with Crippen molar-refractivity contribution >= 4 is 23.3 Å². The van der Waals surface area contributed by atoms with Crippen LogP contribution in [0, 0.1) is 11.6 Å². The van der Waals surface area contributed by atoms with E-state index < -0.39 is 17.2 Å². The van der Waals surface area contributed by atoms with Gasteiger partial charge in [-0.05, 0) is 49.9 Å². The van der Waals surface area contributed by atoms with Crippen molar-refractivity contribution in [1.82, 2.24) is 9.80 Å². The summed E-state index contributed by atoms with van der Waals surface area (Å²) in [6, 6.07) is 11.4. The van der Waals surface area contributed by atoms with Crippen molar-refractivity contribution in [2.45, 2.75) is 12.0 Å². The lowest BCUT2D eigenvalue weighted by Gasteiger charge is -2.46. The molecule has 1 spiro atoms. The maximum Gasteiger partial charge on any atom is 0.321 e. The van der Waals surface area contributed by atoms with E-state index in [4.69, 9.17) is 0 Å². The first-order chi connectivity index (χ1) is 13.9. The van der Waals surface area contributed by atoms with Gasteiger partial charge in [-0.15, -0.1) is 0 Å². The van der Waals surface area contributed by atoms with Gasteiger partial charge in [0.2, 0.25) is 5.91 Å². The van der Waals surface area contributed by atoms with Crippen LogP contribution in [0.4, 0.5) is 25.0 Å². The van der Waals surface area contributed by atoms with Crippen molar-refractivity contribution in [3.8, 4) is 0 Å². The van der Waals surface area contributed by atoms with E-state index in [1.165, 1.54) is 30.3 Å². The molecule has 6 nitrogen and oxygen atoms in total. The van der Waals surface area contributed by atoms with E-state index in [2.05, 4.69) is 5.32 Å². The summed E-state index contributed by atoms with van der Waals surface area (Å²) >= 11 is 0. The van der Waals surface area contributed by atoms with Crippen LogP contribution in [-0.4, -0.2) is 60.5 Å². The lowest BCUT2D eigenvalue weighted by Crippen LogP contribution is -2.64. The van der Waals surface area contributed by atoms with Gasteiger partial charge in [-0.2, -0.15) is 0 Å². The molecule has 1 N–H and O–H groups in total. The number of nitrogens with one attached hydrogen (secondary N) is 1. The molecule has 1 atom stereocenters. The Kier molecular flexibility index (Phi) is 4.96. The van der Waals surface area contributed by atoms with Gasteiger partial charge < -0.3 is 15.1 Å². The van der Waals surface area contributed by atoms with Crippen LogP contribution in [0.15, 0.2) is 48.5 Å². The molecule has 2 aromatic carbocycles. The minimum absolute atomic E-state index is 0.105. The lowest BCUT2D eigenvalue weighted by molar-refractivity contribution is -0.123. The van der Waals surface area contributed by atoms with Gasteiger partial charge >= 0.3 is 6.03 Å². The van der Waals surface area contributed by atoms with E-state index >= 15 is 0 Å². The van der Waals surface area contributed by atoms with Crippen molar-refractivity contribution in [1.29, 1.82) is 0 Å². The van der Waals surface area contributed by atoms with Gasteiger partial charge in [0.15, 0.2) is 0 Å². The quantitative estimate of drug-likeness (QED) is 0.844. The Hall–Kier alpha value is -3.00. The maximum atomic E-state index is 13.7. The third-order valence-electron chi connectivity index (χ3n) is 5.75. The third-order valence-corrected chi connectivity index (χ3v) is 5.75. The smallest absolute Gasteiger partial charge is 0.321 e. The number of benzene rings is 2. The van der Waals surface area contributed by atoms with Crippen molar-refractivity contribution in [2.75, 3.05) is 43.4 Å².